The van der Waals surface area contributed by atoms with Gasteiger partial charge in [-0.2, -0.15) is 0 Å². The lowest BCUT2D eigenvalue weighted by molar-refractivity contribution is -0.146. The Balaban J connectivity index is 2.03. The number of nitrogens with zero attached hydrogens (tertiary/aromatic N) is 1. The number of rotatable bonds is 3. The molecule has 5 nitrogen and oxygen atoms in total. The minimum atomic E-state index is -0.881. The van der Waals surface area contributed by atoms with Crippen molar-refractivity contribution in [3.63, 3.8) is 0 Å². The van der Waals surface area contributed by atoms with E-state index in [1.54, 1.807) is 25.1 Å². The van der Waals surface area contributed by atoms with Crippen LogP contribution in [0.1, 0.15) is 31.9 Å². The molecule has 0 spiro atoms. The van der Waals surface area contributed by atoms with Gasteiger partial charge in [-0.05, 0) is 44.0 Å². The molecule has 2 rings (SSSR count). The molecule has 120 valence electrons. The van der Waals surface area contributed by atoms with E-state index in [2.05, 4.69) is 5.32 Å². The molecule has 1 heterocycles. The fourth-order valence-electron chi connectivity index (χ4n) is 2.51. The SMILES string of the molecule is CC(NC(=O)N1CCC(C)(C(=O)O)C1)c1cc(Cl)ccc1Cl. The van der Waals surface area contributed by atoms with Crippen LogP contribution in [0, 0.1) is 5.41 Å². The molecule has 2 unspecified atom stereocenters. The van der Waals surface area contributed by atoms with E-state index >= 15 is 0 Å². The van der Waals surface area contributed by atoms with E-state index < -0.39 is 11.4 Å². The van der Waals surface area contributed by atoms with Crippen molar-refractivity contribution in [2.24, 2.45) is 5.41 Å². The molecule has 0 aromatic heterocycles. The van der Waals surface area contributed by atoms with Crippen molar-refractivity contribution in [3.05, 3.63) is 33.8 Å². The van der Waals surface area contributed by atoms with Crippen molar-refractivity contribution in [3.8, 4) is 0 Å². The van der Waals surface area contributed by atoms with Crippen LogP contribution in [0.4, 0.5) is 4.79 Å². The molecule has 22 heavy (non-hydrogen) atoms. The van der Waals surface area contributed by atoms with Gasteiger partial charge in [-0.3, -0.25) is 4.79 Å². The molecular weight excluding hydrogens is 327 g/mol. The van der Waals surface area contributed by atoms with Gasteiger partial charge in [0.25, 0.3) is 0 Å². The first kappa shape index (κ1) is 16.9. The summed E-state index contributed by atoms with van der Waals surface area (Å²) in [7, 11) is 0. The first-order chi connectivity index (χ1) is 10.2. The van der Waals surface area contributed by atoms with E-state index in [9.17, 15) is 14.7 Å². The predicted molar refractivity (Wildman–Crippen MR) is 85.3 cm³/mol. The second-order valence-electron chi connectivity index (χ2n) is 5.87. The number of likely N-dealkylation sites (tertiary alicyclic amines) is 1. The number of halogens is 2. The zero-order chi connectivity index (χ0) is 16.5. The molecule has 1 fully saturated rings. The summed E-state index contributed by atoms with van der Waals surface area (Å²) in [5, 5.41) is 13.1. The molecule has 1 aromatic rings. The minimum Gasteiger partial charge on any atom is -0.481 e. The monoisotopic (exact) mass is 344 g/mol. The van der Waals surface area contributed by atoms with Crippen molar-refractivity contribution in [2.75, 3.05) is 13.1 Å². The van der Waals surface area contributed by atoms with Crippen LogP contribution in [0.15, 0.2) is 18.2 Å². The van der Waals surface area contributed by atoms with Gasteiger partial charge in [0.05, 0.1) is 11.5 Å². The third-order valence-electron chi connectivity index (χ3n) is 4.04. The standard InChI is InChI=1S/C15H18Cl2N2O3/c1-9(11-7-10(16)3-4-12(11)17)18-14(22)19-6-5-15(2,8-19)13(20)21/h3-4,7,9H,5-6,8H2,1-2H3,(H,18,22)(H,20,21). The zero-order valence-electron chi connectivity index (χ0n) is 12.4. The number of carbonyl (C=O) groups excluding carboxylic acids is 1. The van der Waals surface area contributed by atoms with Crippen LogP contribution in [0.5, 0.6) is 0 Å². The topological polar surface area (TPSA) is 69.6 Å². The Hall–Kier alpha value is -1.46. The summed E-state index contributed by atoms with van der Waals surface area (Å²) in [5.74, 6) is -0.881. The van der Waals surface area contributed by atoms with Crippen LogP contribution >= 0.6 is 23.2 Å². The molecule has 1 saturated heterocycles. The fraction of sp³-hybridized carbons (Fsp3) is 0.467. The number of aliphatic carboxylic acids is 1. The maximum Gasteiger partial charge on any atom is 0.317 e. The lowest BCUT2D eigenvalue weighted by atomic mass is 9.90. The Morgan fingerprint density at radius 1 is 1.41 bits per heavy atom. The number of amides is 2. The van der Waals surface area contributed by atoms with Gasteiger partial charge in [0.1, 0.15) is 0 Å². The Kier molecular flexibility index (Phi) is 4.87. The summed E-state index contributed by atoms with van der Waals surface area (Å²) in [6, 6.07) is 4.45. The van der Waals surface area contributed by atoms with Crippen LogP contribution in [0.3, 0.4) is 0 Å². The third-order valence-corrected chi connectivity index (χ3v) is 4.62. The van der Waals surface area contributed by atoms with E-state index in [0.29, 0.717) is 23.0 Å². The molecular formula is C15H18Cl2N2O3. The van der Waals surface area contributed by atoms with E-state index in [-0.39, 0.29) is 18.6 Å². The molecule has 2 N–H and O–H groups in total. The summed E-state index contributed by atoms with van der Waals surface area (Å²) < 4.78 is 0. The normalized spacial score (nSPS) is 22.5. The van der Waals surface area contributed by atoms with Crippen molar-refractivity contribution in [1.82, 2.24) is 10.2 Å². The predicted octanol–water partition coefficient (Wildman–Crippen LogP) is 3.56. The fourth-order valence-corrected chi connectivity index (χ4v) is 2.97. The highest BCUT2D eigenvalue weighted by Gasteiger charge is 2.42. The number of hydrogen-bond acceptors (Lipinski definition) is 2. The molecule has 0 aliphatic carbocycles. The van der Waals surface area contributed by atoms with Crippen molar-refractivity contribution < 1.29 is 14.7 Å². The second-order valence-corrected chi connectivity index (χ2v) is 6.72. The van der Waals surface area contributed by atoms with Gasteiger partial charge in [0.2, 0.25) is 0 Å². The Bertz CT molecular complexity index is 608. The van der Waals surface area contributed by atoms with Crippen LogP contribution in [0.2, 0.25) is 10.0 Å². The van der Waals surface area contributed by atoms with Crippen LogP contribution < -0.4 is 5.32 Å². The Morgan fingerprint density at radius 3 is 2.68 bits per heavy atom. The molecule has 2 amide bonds. The second kappa shape index (κ2) is 6.34. The van der Waals surface area contributed by atoms with Gasteiger partial charge in [-0.15, -0.1) is 0 Å². The lowest BCUT2D eigenvalue weighted by Crippen LogP contribution is -2.41. The zero-order valence-corrected chi connectivity index (χ0v) is 13.9. The Labute approximate surface area is 139 Å². The molecule has 1 aliphatic heterocycles. The molecule has 0 bridgehead atoms. The summed E-state index contributed by atoms with van der Waals surface area (Å²) in [4.78, 5) is 25.0. The number of benzene rings is 1. The highest BCUT2D eigenvalue weighted by Crippen LogP contribution is 2.31. The molecule has 7 heteroatoms. The first-order valence-electron chi connectivity index (χ1n) is 6.97. The van der Waals surface area contributed by atoms with Gasteiger partial charge in [0.15, 0.2) is 0 Å². The van der Waals surface area contributed by atoms with Crippen molar-refractivity contribution in [1.29, 1.82) is 0 Å². The van der Waals surface area contributed by atoms with E-state index in [4.69, 9.17) is 23.2 Å². The number of carboxylic acid groups (broad SMARTS) is 1. The summed E-state index contributed by atoms with van der Waals surface area (Å²) in [6.07, 6.45) is 0.446. The summed E-state index contributed by atoms with van der Waals surface area (Å²) in [6.45, 7) is 4.08. The summed E-state index contributed by atoms with van der Waals surface area (Å²) in [5.41, 5.74) is -0.156. The average Bonchev–Trinajstić information content (AvgIpc) is 2.85. The lowest BCUT2D eigenvalue weighted by Gasteiger charge is -2.23. The Morgan fingerprint density at radius 2 is 2.09 bits per heavy atom. The number of hydrogen-bond donors (Lipinski definition) is 2. The van der Waals surface area contributed by atoms with Gasteiger partial charge in [-0.25, -0.2) is 4.79 Å². The van der Waals surface area contributed by atoms with Crippen LogP contribution in [-0.2, 0) is 4.79 Å². The van der Waals surface area contributed by atoms with E-state index in [1.165, 1.54) is 4.90 Å². The minimum absolute atomic E-state index is 0.199. The quantitative estimate of drug-likeness (QED) is 0.880. The number of urea groups is 1. The summed E-state index contributed by atoms with van der Waals surface area (Å²) >= 11 is 12.1. The van der Waals surface area contributed by atoms with Crippen LogP contribution in [0.25, 0.3) is 0 Å². The maximum absolute atomic E-state index is 12.3. The number of carboxylic acids is 1. The van der Waals surface area contributed by atoms with Gasteiger partial charge >= 0.3 is 12.0 Å². The number of carbonyl (C=O) groups is 2. The van der Waals surface area contributed by atoms with E-state index in [0.717, 1.165) is 5.56 Å². The average molecular weight is 345 g/mol. The molecule has 0 saturated carbocycles. The molecule has 1 aromatic carbocycles. The van der Waals surface area contributed by atoms with Gasteiger partial charge < -0.3 is 15.3 Å². The smallest absolute Gasteiger partial charge is 0.317 e. The van der Waals surface area contributed by atoms with Crippen LogP contribution in [-0.4, -0.2) is 35.1 Å². The third kappa shape index (κ3) is 3.47. The highest BCUT2D eigenvalue weighted by atomic mass is 35.5. The molecule has 2 atom stereocenters. The van der Waals surface area contributed by atoms with Gasteiger partial charge in [-0.1, -0.05) is 23.2 Å². The number of nitrogens with one attached hydrogen (secondary N) is 1. The van der Waals surface area contributed by atoms with Crippen molar-refractivity contribution >= 4 is 35.2 Å². The van der Waals surface area contributed by atoms with Crippen molar-refractivity contribution in [2.45, 2.75) is 26.3 Å². The first-order valence-corrected chi connectivity index (χ1v) is 7.72. The molecule has 1 aliphatic rings. The highest BCUT2D eigenvalue weighted by molar-refractivity contribution is 6.33. The van der Waals surface area contributed by atoms with Gasteiger partial charge in [0, 0.05) is 23.1 Å². The maximum atomic E-state index is 12.3. The molecule has 0 radical (unpaired) electrons. The van der Waals surface area contributed by atoms with E-state index in [1.807, 2.05) is 6.92 Å². The largest absolute Gasteiger partial charge is 0.481 e.